The van der Waals surface area contributed by atoms with Gasteiger partial charge < -0.3 is 4.90 Å². The van der Waals surface area contributed by atoms with Crippen molar-refractivity contribution >= 4 is 26.8 Å². The SMILES string of the molecule is Cc1nn(C)c2nc(N3CCC[C@@H](C#N)C3)sc12. The lowest BCUT2D eigenvalue weighted by Crippen LogP contribution is -2.34. The summed E-state index contributed by atoms with van der Waals surface area (Å²) >= 11 is 1.69. The molecule has 1 saturated heterocycles. The Hall–Kier alpha value is -1.61. The summed E-state index contributed by atoms with van der Waals surface area (Å²) in [5, 5.41) is 14.4. The van der Waals surface area contributed by atoms with Gasteiger partial charge in [0.15, 0.2) is 10.8 Å². The van der Waals surface area contributed by atoms with Crippen LogP contribution in [0.2, 0.25) is 0 Å². The standard InChI is InChI=1S/C12H15N5S/c1-8-10-11(16(2)15-8)14-12(18-10)17-5-3-4-9(6-13)7-17/h9H,3-5,7H2,1-2H3/t9-/m0/s1. The summed E-state index contributed by atoms with van der Waals surface area (Å²) in [6.07, 6.45) is 2.09. The van der Waals surface area contributed by atoms with Crippen LogP contribution in [0.5, 0.6) is 0 Å². The lowest BCUT2D eigenvalue weighted by Gasteiger charge is -2.28. The van der Waals surface area contributed by atoms with Gasteiger partial charge in [0.05, 0.1) is 22.4 Å². The van der Waals surface area contributed by atoms with Gasteiger partial charge in [-0.05, 0) is 19.8 Å². The zero-order chi connectivity index (χ0) is 12.7. The second-order valence-electron chi connectivity index (χ2n) is 4.77. The Balaban J connectivity index is 1.95. The van der Waals surface area contributed by atoms with Crippen molar-refractivity contribution in [3.05, 3.63) is 5.69 Å². The molecule has 0 unspecified atom stereocenters. The maximum atomic E-state index is 9.04. The Labute approximate surface area is 110 Å². The highest BCUT2D eigenvalue weighted by Gasteiger charge is 2.23. The molecule has 1 aliphatic rings. The molecule has 1 atom stereocenters. The number of piperidine rings is 1. The molecule has 0 spiro atoms. The molecule has 0 aliphatic carbocycles. The number of hydrogen-bond acceptors (Lipinski definition) is 5. The number of rotatable bonds is 1. The minimum Gasteiger partial charge on any atom is -0.347 e. The molecule has 0 N–H and O–H groups in total. The topological polar surface area (TPSA) is 57.7 Å². The van der Waals surface area contributed by atoms with Gasteiger partial charge in [-0.1, -0.05) is 11.3 Å². The predicted octanol–water partition coefficient (Wildman–Crippen LogP) is 2.08. The fourth-order valence-corrected chi connectivity index (χ4v) is 3.53. The van der Waals surface area contributed by atoms with Gasteiger partial charge in [0.25, 0.3) is 0 Å². The van der Waals surface area contributed by atoms with Crippen LogP contribution in [-0.4, -0.2) is 27.9 Å². The average molecular weight is 261 g/mol. The van der Waals surface area contributed by atoms with E-state index in [2.05, 4.69) is 21.1 Å². The largest absolute Gasteiger partial charge is 0.347 e. The quantitative estimate of drug-likeness (QED) is 0.788. The molecular weight excluding hydrogens is 246 g/mol. The lowest BCUT2D eigenvalue weighted by atomic mass is 10.0. The Morgan fingerprint density at radius 1 is 1.50 bits per heavy atom. The summed E-state index contributed by atoms with van der Waals surface area (Å²) in [5.74, 6) is 0.144. The Bertz CT molecular complexity index is 586. The van der Waals surface area contributed by atoms with Crippen molar-refractivity contribution in [1.82, 2.24) is 14.8 Å². The zero-order valence-electron chi connectivity index (χ0n) is 10.6. The van der Waals surface area contributed by atoms with E-state index >= 15 is 0 Å². The van der Waals surface area contributed by atoms with Crippen LogP contribution in [0.4, 0.5) is 5.13 Å². The van der Waals surface area contributed by atoms with E-state index in [9.17, 15) is 0 Å². The third kappa shape index (κ3) is 1.75. The molecular formula is C12H15N5S. The second kappa shape index (κ2) is 4.25. The zero-order valence-corrected chi connectivity index (χ0v) is 11.4. The van der Waals surface area contributed by atoms with Crippen LogP contribution in [0.3, 0.4) is 0 Å². The molecule has 0 bridgehead atoms. The number of aryl methyl sites for hydroxylation is 2. The van der Waals surface area contributed by atoms with Gasteiger partial charge in [0.1, 0.15) is 0 Å². The molecule has 1 aliphatic heterocycles. The number of nitrogens with zero attached hydrogens (tertiary/aromatic N) is 5. The van der Waals surface area contributed by atoms with Crippen LogP contribution in [0.25, 0.3) is 10.3 Å². The van der Waals surface area contributed by atoms with Crippen LogP contribution < -0.4 is 4.90 Å². The number of fused-ring (bicyclic) bond motifs is 1. The first-order valence-corrected chi connectivity index (χ1v) is 6.95. The normalized spacial score (nSPS) is 20.3. The van der Waals surface area contributed by atoms with Crippen LogP contribution in [0.1, 0.15) is 18.5 Å². The van der Waals surface area contributed by atoms with Gasteiger partial charge in [-0.25, -0.2) is 9.67 Å². The Morgan fingerprint density at radius 3 is 3.06 bits per heavy atom. The van der Waals surface area contributed by atoms with E-state index in [4.69, 9.17) is 5.26 Å². The summed E-state index contributed by atoms with van der Waals surface area (Å²) in [4.78, 5) is 6.90. The molecule has 1 fully saturated rings. The molecule has 0 saturated carbocycles. The van der Waals surface area contributed by atoms with Gasteiger partial charge in [-0.3, -0.25) is 0 Å². The number of hydrogen-bond donors (Lipinski definition) is 0. The number of nitriles is 1. The van der Waals surface area contributed by atoms with Crippen molar-refractivity contribution in [2.24, 2.45) is 13.0 Å². The summed E-state index contributed by atoms with van der Waals surface area (Å²) < 4.78 is 2.99. The van der Waals surface area contributed by atoms with Crippen molar-refractivity contribution in [2.75, 3.05) is 18.0 Å². The number of aromatic nitrogens is 3. The molecule has 0 radical (unpaired) electrons. The van der Waals surface area contributed by atoms with E-state index in [1.165, 1.54) is 0 Å². The minimum atomic E-state index is 0.144. The summed E-state index contributed by atoms with van der Waals surface area (Å²) in [6.45, 7) is 3.83. The highest BCUT2D eigenvalue weighted by Crippen LogP contribution is 2.32. The first kappa shape index (κ1) is 11.5. The maximum Gasteiger partial charge on any atom is 0.188 e. The Kier molecular flexibility index (Phi) is 2.71. The predicted molar refractivity (Wildman–Crippen MR) is 71.7 cm³/mol. The third-order valence-corrected chi connectivity index (χ3v) is 4.62. The third-order valence-electron chi connectivity index (χ3n) is 3.41. The van der Waals surface area contributed by atoms with Crippen LogP contribution in [0.15, 0.2) is 0 Å². The summed E-state index contributed by atoms with van der Waals surface area (Å²) in [5.41, 5.74) is 1.98. The smallest absolute Gasteiger partial charge is 0.188 e. The Morgan fingerprint density at radius 2 is 2.33 bits per heavy atom. The molecule has 0 aromatic carbocycles. The highest BCUT2D eigenvalue weighted by molar-refractivity contribution is 7.22. The van der Waals surface area contributed by atoms with Crippen LogP contribution in [-0.2, 0) is 7.05 Å². The molecule has 2 aromatic rings. The van der Waals surface area contributed by atoms with Crippen LogP contribution >= 0.6 is 11.3 Å². The fraction of sp³-hybridized carbons (Fsp3) is 0.583. The first-order chi connectivity index (χ1) is 8.69. The van der Waals surface area contributed by atoms with Gasteiger partial charge in [0, 0.05) is 20.1 Å². The number of thiazole rings is 1. The molecule has 6 heteroatoms. The molecule has 3 rings (SSSR count). The van der Waals surface area contributed by atoms with Gasteiger partial charge in [-0.15, -0.1) is 0 Å². The van der Waals surface area contributed by atoms with Crippen molar-refractivity contribution < 1.29 is 0 Å². The van der Waals surface area contributed by atoms with E-state index in [-0.39, 0.29) is 5.92 Å². The van der Waals surface area contributed by atoms with Crippen LogP contribution in [0, 0.1) is 24.2 Å². The van der Waals surface area contributed by atoms with Gasteiger partial charge in [-0.2, -0.15) is 10.4 Å². The lowest BCUT2D eigenvalue weighted by molar-refractivity contribution is 0.493. The molecule has 0 amide bonds. The monoisotopic (exact) mass is 261 g/mol. The minimum absolute atomic E-state index is 0.144. The van der Waals surface area contributed by atoms with E-state index in [0.29, 0.717) is 0 Å². The highest BCUT2D eigenvalue weighted by atomic mass is 32.1. The maximum absolute atomic E-state index is 9.04. The summed E-state index contributed by atoms with van der Waals surface area (Å²) in [7, 11) is 1.92. The van der Waals surface area contributed by atoms with Crippen molar-refractivity contribution in [1.29, 1.82) is 5.26 Å². The van der Waals surface area contributed by atoms with E-state index < -0.39 is 0 Å². The van der Waals surface area contributed by atoms with Crippen molar-refractivity contribution in [3.63, 3.8) is 0 Å². The van der Waals surface area contributed by atoms with E-state index in [1.54, 1.807) is 11.3 Å². The fourth-order valence-electron chi connectivity index (χ4n) is 2.47. The van der Waals surface area contributed by atoms with Gasteiger partial charge >= 0.3 is 0 Å². The van der Waals surface area contributed by atoms with E-state index in [1.807, 2.05) is 18.7 Å². The van der Waals surface area contributed by atoms with Gasteiger partial charge in [0.2, 0.25) is 0 Å². The van der Waals surface area contributed by atoms with Crippen molar-refractivity contribution in [2.45, 2.75) is 19.8 Å². The molecule has 18 heavy (non-hydrogen) atoms. The average Bonchev–Trinajstić information content (AvgIpc) is 2.93. The second-order valence-corrected chi connectivity index (χ2v) is 5.75. The molecule has 94 valence electrons. The first-order valence-electron chi connectivity index (χ1n) is 6.13. The number of anilines is 1. The van der Waals surface area contributed by atoms with Crippen molar-refractivity contribution in [3.8, 4) is 6.07 Å². The summed E-state index contributed by atoms with van der Waals surface area (Å²) in [6, 6.07) is 2.37. The molecule has 2 aromatic heterocycles. The van der Waals surface area contributed by atoms with E-state index in [0.717, 1.165) is 47.1 Å². The molecule has 3 heterocycles. The molecule has 5 nitrogen and oxygen atoms in total.